The van der Waals surface area contributed by atoms with Crippen LogP contribution in [-0.4, -0.2) is 16.7 Å². The molecule has 0 spiro atoms. The van der Waals surface area contributed by atoms with Gasteiger partial charge in [-0.05, 0) is 11.1 Å². The lowest BCUT2D eigenvalue weighted by Crippen LogP contribution is -2.15. The molecule has 0 amide bonds. The Kier molecular flexibility index (Phi) is 5.45. The van der Waals surface area contributed by atoms with Gasteiger partial charge >= 0.3 is 5.97 Å². The van der Waals surface area contributed by atoms with E-state index in [9.17, 15) is 9.59 Å². The minimum atomic E-state index is -0.314. The lowest BCUT2D eigenvalue weighted by molar-refractivity contribution is -0.142. The van der Waals surface area contributed by atoms with Gasteiger partial charge in [-0.1, -0.05) is 36.5 Å². The van der Waals surface area contributed by atoms with E-state index >= 15 is 0 Å². The van der Waals surface area contributed by atoms with Crippen LogP contribution in [0.25, 0.3) is 0 Å². The van der Waals surface area contributed by atoms with E-state index in [-0.39, 0.29) is 29.8 Å². The van der Waals surface area contributed by atoms with Crippen molar-refractivity contribution in [3.63, 3.8) is 0 Å². The maximum atomic E-state index is 11.5. The fourth-order valence-electron chi connectivity index (χ4n) is 1.42. The van der Waals surface area contributed by atoms with E-state index in [4.69, 9.17) is 10.5 Å². The number of hydrogen-bond donors (Lipinski definition) is 1. The van der Waals surface area contributed by atoms with Crippen molar-refractivity contribution in [2.75, 3.05) is 0 Å². The zero-order valence-corrected chi connectivity index (χ0v) is 11.0. The summed E-state index contributed by atoms with van der Waals surface area (Å²) in [5.74, 6) is -0.319. The molecule has 0 aliphatic heterocycles. The van der Waals surface area contributed by atoms with Crippen molar-refractivity contribution >= 4 is 29.0 Å². The topological polar surface area (TPSA) is 69.4 Å². The highest BCUT2D eigenvalue weighted by molar-refractivity contribution is 7.80. The normalized spacial score (nSPS) is 9.83. The van der Waals surface area contributed by atoms with Crippen molar-refractivity contribution < 1.29 is 14.3 Å². The summed E-state index contributed by atoms with van der Waals surface area (Å²) < 4.78 is 4.86. The Morgan fingerprint density at radius 2 is 1.78 bits per heavy atom. The average Bonchev–Trinajstić information content (AvgIpc) is 2.26. The summed E-state index contributed by atoms with van der Waals surface area (Å²) in [4.78, 5) is 22.3. The van der Waals surface area contributed by atoms with E-state index in [2.05, 4.69) is 12.2 Å². The number of hydrogen-bond acceptors (Lipinski definition) is 4. The molecule has 1 aromatic carbocycles. The molecule has 0 aromatic heterocycles. The van der Waals surface area contributed by atoms with Crippen LogP contribution in [0.3, 0.4) is 0 Å². The van der Waals surface area contributed by atoms with Crippen molar-refractivity contribution in [3.8, 4) is 0 Å². The molecule has 1 rings (SSSR count). The Labute approximate surface area is 111 Å². The molecule has 0 radical (unpaired) electrons. The molecule has 0 fully saturated rings. The molecule has 0 saturated heterocycles. The van der Waals surface area contributed by atoms with Crippen LogP contribution in [0, 0.1) is 0 Å². The summed E-state index contributed by atoms with van der Waals surface area (Å²) in [6.45, 7) is 1.61. The van der Waals surface area contributed by atoms with Crippen molar-refractivity contribution in [2.24, 2.45) is 5.73 Å². The van der Waals surface area contributed by atoms with E-state index in [1.165, 1.54) is 6.92 Å². The molecule has 0 saturated carbocycles. The maximum Gasteiger partial charge on any atom is 0.302 e. The third kappa shape index (κ3) is 5.54. The van der Waals surface area contributed by atoms with Crippen LogP contribution in [0.4, 0.5) is 0 Å². The number of rotatable bonds is 6. The number of nitrogens with two attached hydrogens (primary N) is 1. The Morgan fingerprint density at radius 3 is 2.28 bits per heavy atom. The lowest BCUT2D eigenvalue weighted by Gasteiger charge is -2.04. The van der Waals surface area contributed by atoms with Crippen LogP contribution in [0.1, 0.15) is 24.5 Å². The van der Waals surface area contributed by atoms with Gasteiger partial charge < -0.3 is 10.5 Å². The van der Waals surface area contributed by atoms with E-state index in [0.29, 0.717) is 6.42 Å². The van der Waals surface area contributed by atoms with Gasteiger partial charge in [0.2, 0.25) is 0 Å². The number of benzene rings is 1. The summed E-state index contributed by atoms with van der Waals surface area (Å²) in [6, 6.07) is 7.31. The number of carbonyl (C=O) groups excluding carboxylic acids is 2. The first-order valence-electron chi connectivity index (χ1n) is 5.48. The highest BCUT2D eigenvalue weighted by atomic mass is 32.1. The molecular formula is C13H15NO3S. The Balaban J connectivity index is 2.52. The van der Waals surface area contributed by atoms with Gasteiger partial charge in [0, 0.05) is 13.3 Å². The number of esters is 1. The molecule has 0 aliphatic rings. The molecule has 0 unspecified atom stereocenters. The highest BCUT2D eigenvalue weighted by Gasteiger charge is 2.05. The Hall–Kier alpha value is -1.75. The second-order valence-corrected chi connectivity index (χ2v) is 4.48. The number of thiocarbonyl (C=S) groups is 1. The molecule has 18 heavy (non-hydrogen) atoms. The number of carbonyl (C=O) groups is 2. The van der Waals surface area contributed by atoms with Crippen molar-refractivity contribution in [2.45, 2.75) is 26.4 Å². The molecule has 2 N–H and O–H groups in total. The van der Waals surface area contributed by atoms with Crippen LogP contribution >= 0.6 is 12.2 Å². The maximum absolute atomic E-state index is 11.5. The molecular weight excluding hydrogens is 250 g/mol. The van der Waals surface area contributed by atoms with Crippen LogP contribution in [0.2, 0.25) is 0 Å². The zero-order valence-electron chi connectivity index (χ0n) is 10.1. The van der Waals surface area contributed by atoms with Crippen LogP contribution in [0.15, 0.2) is 24.3 Å². The molecule has 5 heteroatoms. The SMILES string of the molecule is CC(=O)OCc1ccc(CC(=O)CC(N)=S)cc1. The van der Waals surface area contributed by atoms with E-state index in [0.717, 1.165) is 11.1 Å². The summed E-state index contributed by atoms with van der Waals surface area (Å²) >= 11 is 4.68. The fraction of sp³-hybridized carbons (Fsp3) is 0.308. The van der Waals surface area contributed by atoms with Crippen LogP contribution < -0.4 is 5.73 Å². The zero-order chi connectivity index (χ0) is 13.5. The first-order valence-corrected chi connectivity index (χ1v) is 5.89. The molecule has 0 bridgehead atoms. The van der Waals surface area contributed by atoms with Crippen molar-refractivity contribution in [3.05, 3.63) is 35.4 Å². The molecule has 1 aromatic rings. The summed E-state index contributed by atoms with van der Waals surface area (Å²) in [5, 5.41) is 0. The van der Waals surface area contributed by atoms with Crippen LogP contribution in [-0.2, 0) is 27.4 Å². The van der Waals surface area contributed by atoms with Gasteiger partial charge in [-0.3, -0.25) is 9.59 Å². The number of Topliss-reactive ketones (excluding diaryl/α,β-unsaturated/α-hetero) is 1. The second kappa shape index (κ2) is 6.86. The quantitative estimate of drug-likeness (QED) is 0.624. The predicted molar refractivity (Wildman–Crippen MR) is 72.0 cm³/mol. The lowest BCUT2D eigenvalue weighted by atomic mass is 10.1. The third-order valence-corrected chi connectivity index (χ3v) is 2.38. The largest absolute Gasteiger partial charge is 0.461 e. The Morgan fingerprint density at radius 1 is 1.22 bits per heavy atom. The monoisotopic (exact) mass is 265 g/mol. The average molecular weight is 265 g/mol. The summed E-state index contributed by atoms with van der Waals surface area (Å²) in [7, 11) is 0. The Bertz CT molecular complexity index is 454. The van der Waals surface area contributed by atoms with Crippen molar-refractivity contribution in [1.29, 1.82) is 0 Å². The van der Waals surface area contributed by atoms with Gasteiger partial charge in [0.1, 0.15) is 12.4 Å². The van der Waals surface area contributed by atoms with E-state index in [1.54, 1.807) is 0 Å². The minimum Gasteiger partial charge on any atom is -0.461 e. The van der Waals surface area contributed by atoms with Crippen molar-refractivity contribution in [1.82, 2.24) is 0 Å². The molecule has 0 heterocycles. The van der Waals surface area contributed by atoms with Gasteiger partial charge in [0.15, 0.2) is 0 Å². The minimum absolute atomic E-state index is 0.00441. The van der Waals surface area contributed by atoms with E-state index < -0.39 is 0 Å². The third-order valence-electron chi connectivity index (χ3n) is 2.24. The first kappa shape index (κ1) is 14.3. The van der Waals surface area contributed by atoms with Gasteiger partial charge in [0.05, 0.1) is 11.4 Å². The van der Waals surface area contributed by atoms with Gasteiger partial charge in [0.25, 0.3) is 0 Å². The number of ether oxygens (including phenoxy) is 1. The standard InChI is InChI=1S/C13H15NO3S/c1-9(15)17-8-11-4-2-10(3-5-11)6-12(16)7-13(14)18/h2-5H,6-8H2,1H3,(H2,14,18). The summed E-state index contributed by atoms with van der Waals surface area (Å²) in [6.07, 6.45) is 0.440. The highest BCUT2D eigenvalue weighted by Crippen LogP contribution is 2.07. The first-order chi connectivity index (χ1) is 8.47. The van der Waals surface area contributed by atoms with Gasteiger partial charge in [-0.15, -0.1) is 0 Å². The van der Waals surface area contributed by atoms with Gasteiger partial charge in [-0.2, -0.15) is 0 Å². The molecule has 96 valence electrons. The molecule has 0 aliphatic carbocycles. The van der Waals surface area contributed by atoms with Gasteiger partial charge in [-0.25, -0.2) is 0 Å². The second-order valence-electron chi connectivity index (χ2n) is 3.96. The van der Waals surface area contributed by atoms with E-state index in [1.807, 2.05) is 24.3 Å². The summed E-state index contributed by atoms with van der Waals surface area (Å²) in [5.41, 5.74) is 7.08. The molecule has 0 atom stereocenters. The number of ketones is 1. The predicted octanol–water partition coefficient (Wildman–Crippen LogP) is 1.54. The van der Waals surface area contributed by atoms with Crippen LogP contribution in [0.5, 0.6) is 0 Å². The smallest absolute Gasteiger partial charge is 0.302 e. The fourth-order valence-corrected chi connectivity index (χ4v) is 1.58. The molecule has 4 nitrogen and oxygen atoms in total.